The number of ether oxygens (including phenoxy) is 1. The molecule has 6 heteroatoms. The van der Waals surface area contributed by atoms with E-state index in [4.69, 9.17) is 16.3 Å². The molecule has 0 saturated heterocycles. The zero-order valence-electron chi connectivity index (χ0n) is 12.2. The Kier molecular flexibility index (Phi) is 6.40. The van der Waals surface area contributed by atoms with Crippen molar-refractivity contribution in [2.75, 3.05) is 6.54 Å². The van der Waals surface area contributed by atoms with E-state index >= 15 is 0 Å². The third-order valence-electron chi connectivity index (χ3n) is 2.76. The standard InChI is InChI=1S/C17H14ClFN2O2/c18-15-10-14(16(19)21-11-15)8-4-5-9-20-17(22)23-12-13-6-2-1-3-7-13/h1-3,6-7,10-11H,5,9,12H2,(H,20,22). The zero-order chi connectivity index (χ0) is 16.5. The van der Waals surface area contributed by atoms with E-state index in [-0.39, 0.29) is 12.2 Å². The molecular weight excluding hydrogens is 319 g/mol. The van der Waals surface area contributed by atoms with Gasteiger partial charge in [-0.2, -0.15) is 4.39 Å². The molecule has 1 amide bonds. The predicted octanol–water partition coefficient (Wildman–Crippen LogP) is 3.54. The van der Waals surface area contributed by atoms with Crippen LogP contribution in [0.25, 0.3) is 0 Å². The SMILES string of the molecule is O=C(NCCC#Cc1cc(Cl)cnc1F)OCc1ccccc1. The highest BCUT2D eigenvalue weighted by molar-refractivity contribution is 6.30. The van der Waals surface area contributed by atoms with Crippen molar-refractivity contribution in [3.8, 4) is 11.8 Å². The normalized spacial score (nSPS) is 9.65. The Morgan fingerprint density at radius 2 is 2.13 bits per heavy atom. The summed E-state index contributed by atoms with van der Waals surface area (Å²) in [7, 11) is 0. The van der Waals surface area contributed by atoms with Gasteiger partial charge < -0.3 is 10.1 Å². The van der Waals surface area contributed by atoms with Gasteiger partial charge in [-0.25, -0.2) is 9.78 Å². The van der Waals surface area contributed by atoms with Gasteiger partial charge in [0.05, 0.1) is 10.6 Å². The number of aromatic nitrogens is 1. The van der Waals surface area contributed by atoms with Crippen molar-refractivity contribution in [1.29, 1.82) is 0 Å². The number of amides is 1. The van der Waals surface area contributed by atoms with Gasteiger partial charge in [-0.1, -0.05) is 53.8 Å². The van der Waals surface area contributed by atoms with Crippen LogP contribution in [0.4, 0.5) is 9.18 Å². The van der Waals surface area contributed by atoms with Crippen LogP contribution in [0.2, 0.25) is 5.02 Å². The van der Waals surface area contributed by atoms with Crippen molar-refractivity contribution >= 4 is 17.7 Å². The molecule has 0 radical (unpaired) electrons. The van der Waals surface area contributed by atoms with Crippen molar-refractivity contribution in [1.82, 2.24) is 10.3 Å². The van der Waals surface area contributed by atoms with Crippen LogP contribution in [0.15, 0.2) is 42.6 Å². The number of rotatable bonds is 4. The highest BCUT2D eigenvalue weighted by atomic mass is 35.5. The van der Waals surface area contributed by atoms with Crippen LogP contribution in [0.1, 0.15) is 17.5 Å². The second-order valence-electron chi connectivity index (χ2n) is 4.53. The molecule has 4 nitrogen and oxygen atoms in total. The van der Waals surface area contributed by atoms with Crippen molar-refractivity contribution in [2.24, 2.45) is 0 Å². The number of benzene rings is 1. The molecular formula is C17H14ClFN2O2. The smallest absolute Gasteiger partial charge is 0.407 e. The summed E-state index contributed by atoms with van der Waals surface area (Å²) in [4.78, 5) is 14.9. The van der Waals surface area contributed by atoms with E-state index in [2.05, 4.69) is 22.1 Å². The van der Waals surface area contributed by atoms with E-state index in [1.54, 1.807) is 0 Å². The number of carbonyl (C=O) groups is 1. The highest BCUT2D eigenvalue weighted by Crippen LogP contribution is 2.10. The molecule has 118 valence electrons. The number of alkyl carbamates (subject to hydrolysis) is 1. The first kappa shape index (κ1) is 16.8. The molecule has 1 aromatic carbocycles. The van der Waals surface area contributed by atoms with Gasteiger partial charge in [-0.05, 0) is 11.6 Å². The molecule has 2 aromatic rings. The molecule has 1 N–H and O–H groups in total. The van der Waals surface area contributed by atoms with Crippen LogP contribution in [0, 0.1) is 17.8 Å². The molecule has 2 rings (SSSR count). The number of nitrogens with one attached hydrogen (secondary N) is 1. The summed E-state index contributed by atoms with van der Waals surface area (Å²) < 4.78 is 18.3. The van der Waals surface area contributed by atoms with Crippen LogP contribution in [-0.4, -0.2) is 17.6 Å². The summed E-state index contributed by atoms with van der Waals surface area (Å²) in [6, 6.07) is 10.8. The van der Waals surface area contributed by atoms with Crippen LogP contribution in [0.5, 0.6) is 0 Å². The average molecular weight is 333 g/mol. The van der Waals surface area contributed by atoms with Gasteiger partial charge in [0.25, 0.3) is 0 Å². The van der Waals surface area contributed by atoms with Gasteiger partial charge in [-0.3, -0.25) is 0 Å². The summed E-state index contributed by atoms with van der Waals surface area (Å²) in [6.07, 6.45) is 1.05. The predicted molar refractivity (Wildman–Crippen MR) is 85.3 cm³/mol. The molecule has 0 fully saturated rings. The number of halogens is 2. The maximum Gasteiger partial charge on any atom is 0.407 e. The monoisotopic (exact) mass is 332 g/mol. The fourth-order valence-corrected chi connectivity index (χ4v) is 1.83. The number of nitrogens with zero attached hydrogens (tertiary/aromatic N) is 1. The topological polar surface area (TPSA) is 51.2 Å². The van der Waals surface area contributed by atoms with Gasteiger partial charge in [0.1, 0.15) is 6.61 Å². The molecule has 0 unspecified atom stereocenters. The first-order chi connectivity index (χ1) is 11.1. The maximum atomic E-state index is 13.3. The summed E-state index contributed by atoms with van der Waals surface area (Å²) in [5.41, 5.74) is 1.04. The molecule has 0 bridgehead atoms. The van der Waals surface area contributed by atoms with Crippen molar-refractivity contribution < 1.29 is 13.9 Å². The van der Waals surface area contributed by atoms with E-state index in [9.17, 15) is 9.18 Å². The van der Waals surface area contributed by atoms with Crippen LogP contribution in [-0.2, 0) is 11.3 Å². The number of hydrogen-bond donors (Lipinski definition) is 1. The summed E-state index contributed by atoms with van der Waals surface area (Å²) in [6.45, 7) is 0.508. The first-order valence-corrected chi connectivity index (χ1v) is 7.27. The summed E-state index contributed by atoms with van der Waals surface area (Å²) in [5.74, 6) is 4.69. The van der Waals surface area contributed by atoms with E-state index in [1.165, 1.54) is 12.3 Å². The molecule has 0 aliphatic carbocycles. The van der Waals surface area contributed by atoms with E-state index < -0.39 is 12.0 Å². The van der Waals surface area contributed by atoms with Gasteiger partial charge in [0.2, 0.25) is 5.95 Å². The van der Waals surface area contributed by atoms with E-state index in [1.807, 2.05) is 30.3 Å². The Balaban J connectivity index is 1.70. The molecule has 1 aromatic heterocycles. The largest absolute Gasteiger partial charge is 0.445 e. The van der Waals surface area contributed by atoms with Crippen molar-refractivity contribution in [3.63, 3.8) is 0 Å². The molecule has 0 saturated carbocycles. The molecule has 1 heterocycles. The third kappa shape index (κ3) is 5.97. The Morgan fingerprint density at radius 1 is 1.35 bits per heavy atom. The maximum absolute atomic E-state index is 13.3. The summed E-state index contributed by atoms with van der Waals surface area (Å²) in [5, 5.41) is 2.88. The molecule has 0 aliphatic heterocycles. The first-order valence-electron chi connectivity index (χ1n) is 6.89. The van der Waals surface area contributed by atoms with Crippen molar-refractivity contribution in [3.05, 3.63) is 64.7 Å². The Labute approximate surface area is 138 Å². The number of hydrogen-bond acceptors (Lipinski definition) is 3. The second-order valence-corrected chi connectivity index (χ2v) is 4.97. The molecule has 0 aliphatic rings. The Bertz CT molecular complexity index is 726. The van der Waals surface area contributed by atoms with Gasteiger partial charge in [0, 0.05) is 19.2 Å². The van der Waals surface area contributed by atoms with Gasteiger partial charge in [0.15, 0.2) is 0 Å². The molecule has 23 heavy (non-hydrogen) atoms. The van der Waals surface area contributed by atoms with Crippen LogP contribution >= 0.6 is 11.6 Å². The summed E-state index contributed by atoms with van der Waals surface area (Å²) >= 11 is 5.71. The molecule has 0 spiro atoms. The third-order valence-corrected chi connectivity index (χ3v) is 2.97. The van der Waals surface area contributed by atoms with Crippen molar-refractivity contribution in [2.45, 2.75) is 13.0 Å². The fourth-order valence-electron chi connectivity index (χ4n) is 1.67. The minimum Gasteiger partial charge on any atom is -0.445 e. The average Bonchev–Trinajstić information content (AvgIpc) is 2.56. The number of pyridine rings is 1. The minimum absolute atomic E-state index is 0.129. The molecule has 0 atom stereocenters. The van der Waals surface area contributed by atoms with E-state index in [0.29, 0.717) is 18.0 Å². The fraction of sp³-hybridized carbons (Fsp3) is 0.176. The highest BCUT2D eigenvalue weighted by Gasteiger charge is 2.02. The Hall–Kier alpha value is -2.58. The second kappa shape index (κ2) is 8.76. The van der Waals surface area contributed by atoms with Crippen LogP contribution in [0.3, 0.4) is 0 Å². The van der Waals surface area contributed by atoms with Crippen LogP contribution < -0.4 is 5.32 Å². The quantitative estimate of drug-likeness (QED) is 0.529. The lowest BCUT2D eigenvalue weighted by Gasteiger charge is -2.05. The van der Waals surface area contributed by atoms with Gasteiger partial charge in [-0.15, -0.1) is 0 Å². The number of carbonyl (C=O) groups excluding carboxylic acids is 1. The zero-order valence-corrected chi connectivity index (χ0v) is 12.9. The lowest BCUT2D eigenvalue weighted by molar-refractivity contribution is 0.140. The lowest BCUT2D eigenvalue weighted by atomic mass is 10.2. The van der Waals surface area contributed by atoms with Gasteiger partial charge >= 0.3 is 6.09 Å². The minimum atomic E-state index is -0.669. The lowest BCUT2D eigenvalue weighted by Crippen LogP contribution is -2.24. The Morgan fingerprint density at radius 3 is 2.91 bits per heavy atom. The van der Waals surface area contributed by atoms with E-state index in [0.717, 1.165) is 5.56 Å².